The quantitative estimate of drug-likeness (QED) is 0.239. The molecule has 2 aromatic carbocycles. The van der Waals surface area contributed by atoms with Gasteiger partial charge in [-0.1, -0.05) is 19.9 Å². The highest BCUT2D eigenvalue weighted by atomic mass is 32.2. The number of nitrogens with zero attached hydrogens (tertiary/aromatic N) is 3. The van der Waals surface area contributed by atoms with Crippen molar-refractivity contribution in [1.29, 1.82) is 0 Å². The first-order chi connectivity index (χ1) is 19.7. The maximum atomic E-state index is 13.3. The first kappa shape index (κ1) is 30.1. The average Bonchev–Trinajstić information content (AvgIpc) is 3.30. The molecule has 0 saturated carbocycles. The van der Waals surface area contributed by atoms with E-state index >= 15 is 0 Å². The van der Waals surface area contributed by atoms with Crippen LogP contribution in [0.4, 0.5) is 0 Å². The van der Waals surface area contributed by atoms with E-state index < -0.39 is 10.0 Å². The highest BCUT2D eigenvalue weighted by Crippen LogP contribution is 2.31. The summed E-state index contributed by atoms with van der Waals surface area (Å²) < 4.78 is 47.2. The van der Waals surface area contributed by atoms with Crippen LogP contribution in [0.5, 0.6) is 17.2 Å². The number of sulfonamides is 1. The second kappa shape index (κ2) is 12.7. The Morgan fingerprint density at radius 2 is 1.71 bits per heavy atom. The van der Waals surface area contributed by atoms with Crippen LogP contribution >= 0.6 is 0 Å². The minimum Gasteiger partial charge on any atom is -0.493 e. The minimum absolute atomic E-state index is 0.0213. The fourth-order valence-corrected chi connectivity index (χ4v) is 5.88. The van der Waals surface area contributed by atoms with Gasteiger partial charge in [-0.3, -0.25) is 4.79 Å². The molecule has 2 N–H and O–H groups in total. The molecule has 0 spiro atoms. The van der Waals surface area contributed by atoms with Gasteiger partial charge in [0.15, 0.2) is 22.8 Å². The smallest absolute Gasteiger partial charge is 0.277 e. The summed E-state index contributed by atoms with van der Waals surface area (Å²) in [5, 5.41) is 4.72. The van der Waals surface area contributed by atoms with Crippen molar-refractivity contribution >= 4 is 15.5 Å². The van der Waals surface area contributed by atoms with Crippen LogP contribution < -0.4 is 24.5 Å². The van der Waals surface area contributed by atoms with Crippen molar-refractivity contribution < 1.29 is 22.6 Å². The molecule has 4 aromatic rings. The lowest BCUT2D eigenvalue weighted by molar-refractivity contribution is 0.341. The number of hydrogen-bond acceptors (Lipinski definition) is 8. The fraction of sp³-hybridized carbons (Fsp3) is 0.414. The van der Waals surface area contributed by atoms with Gasteiger partial charge in [0.1, 0.15) is 11.6 Å². The average molecular weight is 584 g/mol. The molecule has 4 rings (SSSR count). The Balaban J connectivity index is 1.69. The summed E-state index contributed by atoms with van der Waals surface area (Å²) in [4.78, 5) is 20.7. The molecule has 0 radical (unpaired) electrons. The van der Waals surface area contributed by atoms with E-state index in [2.05, 4.69) is 28.5 Å². The number of hydrogen-bond donors (Lipinski definition) is 2. The zero-order valence-corrected chi connectivity index (χ0v) is 25.1. The third-order valence-electron chi connectivity index (χ3n) is 7.02. The van der Waals surface area contributed by atoms with Crippen LogP contribution in [0.15, 0.2) is 46.1 Å². The fourth-order valence-electron chi connectivity index (χ4n) is 4.82. The van der Waals surface area contributed by atoms with Crippen LogP contribution in [0, 0.1) is 6.92 Å². The standard InChI is InChI=1S/C29H37N5O6S/c1-7-20(8-2)28-31-18(4)26-29(35)32-27(33-34(26)28)22-17-21(11-13-23(22)40-9-3)41(36,37)30-15-14-19-10-12-24(38-5)25(16-19)39-6/h10-13,16-17,20,30H,7-9,14-15H2,1-6H3,(H,32,33,35). The highest BCUT2D eigenvalue weighted by Gasteiger charge is 2.23. The Hall–Kier alpha value is -3.90. The van der Waals surface area contributed by atoms with Crippen LogP contribution in [0.2, 0.25) is 0 Å². The molecule has 12 heteroatoms. The van der Waals surface area contributed by atoms with Crippen LogP contribution in [0.25, 0.3) is 16.9 Å². The molecule has 0 aliphatic carbocycles. The highest BCUT2D eigenvalue weighted by molar-refractivity contribution is 7.89. The zero-order valence-electron chi connectivity index (χ0n) is 24.3. The molecule has 0 bridgehead atoms. The van der Waals surface area contributed by atoms with Crippen molar-refractivity contribution in [3.8, 4) is 28.6 Å². The number of H-pyrrole nitrogens is 1. The summed E-state index contributed by atoms with van der Waals surface area (Å²) in [6.07, 6.45) is 2.12. The summed E-state index contributed by atoms with van der Waals surface area (Å²) in [7, 11) is -0.792. The number of aromatic nitrogens is 4. The van der Waals surface area contributed by atoms with Gasteiger partial charge in [0, 0.05) is 12.5 Å². The van der Waals surface area contributed by atoms with Crippen LogP contribution in [0.3, 0.4) is 0 Å². The summed E-state index contributed by atoms with van der Waals surface area (Å²) >= 11 is 0. The third-order valence-corrected chi connectivity index (χ3v) is 8.48. The number of benzene rings is 2. The van der Waals surface area contributed by atoms with E-state index in [0.29, 0.717) is 52.9 Å². The number of rotatable bonds is 13. The molecular weight excluding hydrogens is 546 g/mol. The van der Waals surface area contributed by atoms with Crippen LogP contribution in [-0.2, 0) is 16.4 Å². The van der Waals surface area contributed by atoms with Crippen molar-refractivity contribution in [2.45, 2.75) is 57.8 Å². The molecule has 0 unspecified atom stereocenters. The number of nitrogens with one attached hydrogen (secondary N) is 2. The van der Waals surface area contributed by atoms with Crippen molar-refractivity contribution in [2.75, 3.05) is 27.4 Å². The van der Waals surface area contributed by atoms with E-state index in [-0.39, 0.29) is 28.7 Å². The van der Waals surface area contributed by atoms with Gasteiger partial charge in [-0.05, 0) is 69.0 Å². The van der Waals surface area contributed by atoms with E-state index in [1.54, 1.807) is 37.8 Å². The van der Waals surface area contributed by atoms with Gasteiger partial charge in [0.25, 0.3) is 5.56 Å². The lowest BCUT2D eigenvalue weighted by Crippen LogP contribution is -2.26. The predicted octanol–water partition coefficient (Wildman–Crippen LogP) is 4.23. The molecule has 0 saturated heterocycles. The van der Waals surface area contributed by atoms with Gasteiger partial charge < -0.3 is 19.2 Å². The third kappa shape index (κ3) is 6.23. The molecule has 41 heavy (non-hydrogen) atoms. The molecule has 0 aliphatic heterocycles. The van der Waals surface area contributed by atoms with Gasteiger partial charge in [-0.25, -0.2) is 22.6 Å². The lowest BCUT2D eigenvalue weighted by Gasteiger charge is -2.14. The second-order valence-corrected chi connectivity index (χ2v) is 11.3. The summed E-state index contributed by atoms with van der Waals surface area (Å²) in [6, 6.07) is 9.97. The van der Waals surface area contributed by atoms with E-state index in [4.69, 9.17) is 19.3 Å². The lowest BCUT2D eigenvalue weighted by atomic mass is 10.0. The first-order valence-corrected chi connectivity index (χ1v) is 15.1. The Labute approximate surface area is 239 Å². The van der Waals surface area contributed by atoms with Crippen molar-refractivity contribution in [2.24, 2.45) is 0 Å². The first-order valence-electron chi connectivity index (χ1n) is 13.6. The molecule has 0 fully saturated rings. The number of aromatic amines is 1. The van der Waals surface area contributed by atoms with Gasteiger partial charge in [0.05, 0.1) is 37.0 Å². The molecule has 2 aromatic heterocycles. The molecule has 220 valence electrons. The van der Waals surface area contributed by atoms with Crippen LogP contribution in [-0.4, -0.2) is 55.4 Å². The maximum Gasteiger partial charge on any atom is 0.277 e. The molecular formula is C29H37N5O6S. The number of ether oxygens (including phenoxy) is 3. The number of imidazole rings is 1. The SMILES string of the molecule is CCOc1ccc(S(=O)(=O)NCCc2ccc(OC)c(OC)c2)cc1-c1nn2c(C(CC)CC)nc(C)c2c(=O)[nH]1. The molecule has 11 nitrogen and oxygen atoms in total. The van der Waals surface area contributed by atoms with Crippen molar-refractivity contribution in [1.82, 2.24) is 24.3 Å². The Morgan fingerprint density at radius 3 is 2.37 bits per heavy atom. The Bertz CT molecular complexity index is 1690. The van der Waals surface area contributed by atoms with Crippen molar-refractivity contribution in [3.63, 3.8) is 0 Å². The van der Waals surface area contributed by atoms with Gasteiger partial charge >= 0.3 is 0 Å². The Kier molecular flexibility index (Phi) is 9.34. The van der Waals surface area contributed by atoms with Gasteiger partial charge in [-0.2, -0.15) is 0 Å². The second-order valence-electron chi connectivity index (χ2n) is 9.56. The van der Waals surface area contributed by atoms with Gasteiger partial charge in [0.2, 0.25) is 10.0 Å². The number of aryl methyl sites for hydroxylation is 1. The number of fused-ring (bicyclic) bond motifs is 1. The minimum atomic E-state index is -3.90. The van der Waals surface area contributed by atoms with Crippen LogP contribution in [0.1, 0.15) is 56.6 Å². The van der Waals surface area contributed by atoms with E-state index in [1.807, 2.05) is 19.1 Å². The summed E-state index contributed by atoms with van der Waals surface area (Å²) in [6.45, 7) is 8.25. The largest absolute Gasteiger partial charge is 0.493 e. The van der Waals surface area contributed by atoms with E-state index in [0.717, 1.165) is 18.4 Å². The zero-order chi connectivity index (χ0) is 29.7. The monoisotopic (exact) mass is 583 g/mol. The molecule has 0 atom stereocenters. The summed E-state index contributed by atoms with van der Waals surface area (Å²) in [5.74, 6) is 2.59. The Morgan fingerprint density at radius 1 is 1.00 bits per heavy atom. The molecule has 0 aliphatic rings. The van der Waals surface area contributed by atoms with E-state index in [9.17, 15) is 13.2 Å². The van der Waals surface area contributed by atoms with Gasteiger partial charge in [-0.15, -0.1) is 5.10 Å². The van der Waals surface area contributed by atoms with E-state index in [1.165, 1.54) is 12.1 Å². The topological polar surface area (TPSA) is 137 Å². The predicted molar refractivity (Wildman–Crippen MR) is 157 cm³/mol. The summed E-state index contributed by atoms with van der Waals surface area (Å²) in [5.41, 5.74) is 1.84. The van der Waals surface area contributed by atoms with Crippen molar-refractivity contribution in [3.05, 3.63) is 63.8 Å². The normalized spacial score (nSPS) is 11.8. The maximum absolute atomic E-state index is 13.3. The number of methoxy groups -OCH3 is 2. The molecule has 2 heterocycles. The molecule has 0 amide bonds.